The van der Waals surface area contributed by atoms with Crippen molar-refractivity contribution < 1.29 is 26.4 Å². The van der Waals surface area contributed by atoms with Crippen molar-refractivity contribution in [2.24, 2.45) is 0 Å². The molecule has 0 saturated carbocycles. The molecule has 0 aliphatic carbocycles. The van der Waals surface area contributed by atoms with Crippen LogP contribution in [-0.4, -0.2) is 24.1 Å². The smallest absolute Gasteiger partial charge is 0.408 e. The maximum absolute atomic E-state index is 13.4. The summed E-state index contributed by atoms with van der Waals surface area (Å²) >= 11 is 0. The molecule has 4 nitrogen and oxygen atoms in total. The number of hydrogen-bond donors (Lipinski definition) is 2. The van der Waals surface area contributed by atoms with Gasteiger partial charge in [0, 0.05) is 0 Å². The summed E-state index contributed by atoms with van der Waals surface area (Å²) in [5.74, 6) is -5.79. The van der Waals surface area contributed by atoms with Crippen LogP contribution in [0.15, 0.2) is 27.4 Å². The second-order valence-electron chi connectivity index (χ2n) is 4.11. The van der Waals surface area contributed by atoms with Gasteiger partial charge >= 0.3 is 17.9 Å². The van der Waals surface area contributed by atoms with Crippen molar-refractivity contribution in [3.05, 3.63) is 34.3 Å². The van der Waals surface area contributed by atoms with Crippen LogP contribution in [0.25, 0.3) is 11.1 Å². The number of rotatable bonds is 3. The average molecular weight is 296 g/mol. The van der Waals surface area contributed by atoms with E-state index in [0.717, 1.165) is 19.2 Å². The third kappa shape index (κ3) is 2.28. The quantitative estimate of drug-likeness (QED) is 0.856. The van der Waals surface area contributed by atoms with E-state index in [0.29, 0.717) is 0 Å². The molecule has 0 spiro atoms. The number of hydrogen-bond acceptors (Lipinski definition) is 3. The van der Waals surface area contributed by atoms with Crippen molar-refractivity contribution in [1.82, 2.24) is 10.3 Å². The highest BCUT2D eigenvalue weighted by Gasteiger charge is 2.62. The third-order valence-corrected chi connectivity index (χ3v) is 2.81. The highest BCUT2D eigenvalue weighted by molar-refractivity contribution is 5.73. The number of halogens is 5. The molecule has 9 heteroatoms. The Bertz CT molecular complexity index is 673. The summed E-state index contributed by atoms with van der Waals surface area (Å²) in [4.78, 5) is 13.2. The second-order valence-corrected chi connectivity index (χ2v) is 4.11. The lowest BCUT2D eigenvalue weighted by Gasteiger charge is -2.28. The molecule has 0 fully saturated rings. The average Bonchev–Trinajstić information content (AvgIpc) is 2.67. The van der Waals surface area contributed by atoms with Gasteiger partial charge in [-0.05, 0) is 24.7 Å². The maximum atomic E-state index is 13.4. The van der Waals surface area contributed by atoms with E-state index in [9.17, 15) is 26.7 Å². The van der Waals surface area contributed by atoms with Crippen LogP contribution in [0, 0.1) is 0 Å². The van der Waals surface area contributed by atoms with E-state index in [4.69, 9.17) is 0 Å². The standard InChI is InChI=1S/C11H9F5N2O2/c1-17-8(10(12,13)11(14,15)16)5-2-3-6-7(4-5)20-9(19)18-6/h2-4,8,17H,1H3,(H,18,19). The third-order valence-electron chi connectivity index (χ3n) is 2.81. The largest absolute Gasteiger partial charge is 0.455 e. The molecular weight excluding hydrogens is 287 g/mol. The fourth-order valence-electron chi connectivity index (χ4n) is 1.86. The van der Waals surface area contributed by atoms with E-state index in [1.807, 2.05) is 5.32 Å². The SMILES string of the molecule is CNC(c1ccc2[nH]c(=O)oc2c1)C(F)(F)C(F)(F)F. The summed E-state index contributed by atoms with van der Waals surface area (Å²) < 4.78 is 68.6. The maximum Gasteiger partial charge on any atom is 0.455 e. The molecule has 110 valence electrons. The van der Waals surface area contributed by atoms with E-state index < -0.39 is 23.9 Å². The van der Waals surface area contributed by atoms with Crippen molar-refractivity contribution in [2.75, 3.05) is 7.05 Å². The predicted molar refractivity (Wildman–Crippen MR) is 59.6 cm³/mol. The Morgan fingerprint density at radius 3 is 2.45 bits per heavy atom. The van der Waals surface area contributed by atoms with Gasteiger partial charge in [-0.1, -0.05) is 6.07 Å². The summed E-state index contributed by atoms with van der Waals surface area (Å²) in [7, 11) is 0.988. The number of nitrogens with one attached hydrogen (secondary N) is 2. The van der Waals surface area contributed by atoms with Crippen LogP contribution in [0.3, 0.4) is 0 Å². The molecule has 0 saturated heterocycles. The number of alkyl halides is 5. The molecular formula is C11H9F5N2O2. The monoisotopic (exact) mass is 296 g/mol. The van der Waals surface area contributed by atoms with Crippen LogP contribution in [0.5, 0.6) is 0 Å². The Morgan fingerprint density at radius 1 is 1.25 bits per heavy atom. The minimum Gasteiger partial charge on any atom is -0.408 e. The van der Waals surface area contributed by atoms with Gasteiger partial charge in [-0.15, -0.1) is 0 Å². The molecule has 1 aromatic carbocycles. The molecule has 20 heavy (non-hydrogen) atoms. The fourth-order valence-corrected chi connectivity index (χ4v) is 1.86. The number of fused-ring (bicyclic) bond motifs is 1. The molecule has 2 rings (SSSR count). The van der Waals surface area contributed by atoms with Gasteiger partial charge in [-0.3, -0.25) is 4.98 Å². The van der Waals surface area contributed by atoms with Crippen molar-refractivity contribution in [3.63, 3.8) is 0 Å². The second kappa shape index (κ2) is 4.58. The van der Waals surface area contributed by atoms with E-state index in [-0.39, 0.29) is 16.7 Å². The summed E-state index contributed by atoms with van der Waals surface area (Å²) in [6.07, 6.45) is -5.70. The molecule has 0 aliphatic heterocycles. The number of aromatic amines is 1. The zero-order valence-electron chi connectivity index (χ0n) is 10.0. The molecule has 0 aliphatic rings. The van der Waals surface area contributed by atoms with Gasteiger partial charge in [0.05, 0.1) is 5.52 Å². The number of oxazole rings is 1. The lowest BCUT2D eigenvalue weighted by molar-refractivity contribution is -0.293. The molecule has 1 heterocycles. The Kier molecular flexibility index (Phi) is 3.32. The topological polar surface area (TPSA) is 58.0 Å². The van der Waals surface area contributed by atoms with Crippen LogP contribution in [-0.2, 0) is 0 Å². The zero-order valence-corrected chi connectivity index (χ0v) is 10.0. The molecule has 0 radical (unpaired) electrons. The fraction of sp³-hybridized carbons (Fsp3) is 0.364. The van der Waals surface area contributed by atoms with E-state index in [2.05, 4.69) is 9.40 Å². The van der Waals surface area contributed by atoms with E-state index >= 15 is 0 Å². The first kappa shape index (κ1) is 14.5. The first-order valence-corrected chi connectivity index (χ1v) is 5.41. The van der Waals surface area contributed by atoms with Gasteiger partial charge in [0.2, 0.25) is 0 Å². The summed E-state index contributed by atoms with van der Waals surface area (Å²) in [5.41, 5.74) is -0.222. The summed E-state index contributed by atoms with van der Waals surface area (Å²) in [6, 6.07) is 0.946. The van der Waals surface area contributed by atoms with Crippen molar-refractivity contribution in [1.29, 1.82) is 0 Å². The molecule has 0 bridgehead atoms. The highest BCUT2D eigenvalue weighted by atomic mass is 19.4. The van der Waals surface area contributed by atoms with Crippen LogP contribution in [0.2, 0.25) is 0 Å². The van der Waals surface area contributed by atoms with Crippen LogP contribution >= 0.6 is 0 Å². The van der Waals surface area contributed by atoms with Gasteiger partial charge in [-0.2, -0.15) is 22.0 Å². The first-order valence-electron chi connectivity index (χ1n) is 5.41. The van der Waals surface area contributed by atoms with Gasteiger partial charge in [-0.25, -0.2) is 4.79 Å². The van der Waals surface area contributed by atoms with Crippen LogP contribution in [0.1, 0.15) is 11.6 Å². The molecule has 2 N–H and O–H groups in total. The van der Waals surface area contributed by atoms with Crippen LogP contribution in [0.4, 0.5) is 22.0 Å². The van der Waals surface area contributed by atoms with Crippen molar-refractivity contribution >= 4 is 11.1 Å². The first-order chi connectivity index (χ1) is 9.16. The Hall–Kier alpha value is -1.90. The van der Waals surface area contributed by atoms with E-state index in [1.54, 1.807) is 0 Å². The molecule has 2 aromatic rings. The van der Waals surface area contributed by atoms with Crippen molar-refractivity contribution in [3.8, 4) is 0 Å². The molecule has 0 amide bonds. The molecule has 1 atom stereocenters. The Morgan fingerprint density at radius 2 is 1.90 bits per heavy atom. The van der Waals surface area contributed by atoms with Gasteiger partial charge < -0.3 is 9.73 Å². The minimum absolute atomic E-state index is 0.0919. The normalized spacial score (nSPS) is 14.7. The number of aromatic nitrogens is 1. The van der Waals surface area contributed by atoms with Gasteiger partial charge in [0.15, 0.2) is 5.58 Å². The lowest BCUT2D eigenvalue weighted by Crippen LogP contribution is -2.47. The zero-order chi connectivity index (χ0) is 15.1. The molecule has 1 unspecified atom stereocenters. The van der Waals surface area contributed by atoms with Gasteiger partial charge in [0.25, 0.3) is 0 Å². The summed E-state index contributed by atoms with van der Waals surface area (Å²) in [5, 5.41) is 1.94. The lowest BCUT2D eigenvalue weighted by atomic mass is 10.00. The minimum atomic E-state index is -5.70. The van der Waals surface area contributed by atoms with Gasteiger partial charge in [0.1, 0.15) is 6.04 Å². The number of benzene rings is 1. The molecule has 1 aromatic heterocycles. The van der Waals surface area contributed by atoms with E-state index in [1.165, 1.54) is 6.07 Å². The Labute approximate surface area is 108 Å². The predicted octanol–water partition coefficient (Wildman–Crippen LogP) is 2.58. The van der Waals surface area contributed by atoms with Crippen LogP contribution < -0.4 is 11.1 Å². The highest BCUT2D eigenvalue weighted by Crippen LogP contribution is 2.44. The summed E-state index contributed by atoms with van der Waals surface area (Å²) in [6.45, 7) is 0. The Balaban J connectivity index is 2.51. The number of H-pyrrole nitrogens is 1. The van der Waals surface area contributed by atoms with Crippen molar-refractivity contribution in [2.45, 2.75) is 18.1 Å².